The number of carbonyl (C=O) groups is 1. The number of hydrogen-bond donors (Lipinski definition) is 1. The van der Waals surface area contributed by atoms with Crippen LogP contribution in [-0.4, -0.2) is 86.7 Å². The Morgan fingerprint density at radius 2 is 1.11 bits per heavy atom. The van der Waals surface area contributed by atoms with Crippen molar-refractivity contribution in [2.45, 2.75) is 165 Å². The van der Waals surface area contributed by atoms with Crippen LogP contribution in [0.15, 0.2) is 0 Å². The number of piperidine rings is 3. The summed E-state index contributed by atoms with van der Waals surface area (Å²) in [5.74, 6) is 0.277. The number of hydroxylamine groups is 6. The van der Waals surface area contributed by atoms with Crippen molar-refractivity contribution in [3.05, 3.63) is 0 Å². The zero-order valence-electron chi connectivity index (χ0n) is 26.3. The Morgan fingerprint density at radius 1 is 0.658 bits per heavy atom. The highest BCUT2D eigenvalue weighted by Crippen LogP contribution is 2.49. The molecule has 3 rings (SSSR count). The molecule has 5 atom stereocenters. The smallest absolute Gasteiger partial charge is 0.136 e. The third-order valence-corrected chi connectivity index (χ3v) is 10.1. The lowest BCUT2D eigenvalue weighted by Gasteiger charge is -2.58. The van der Waals surface area contributed by atoms with E-state index in [-0.39, 0.29) is 33.5 Å². The van der Waals surface area contributed by atoms with Gasteiger partial charge in [0.2, 0.25) is 0 Å². The molecule has 0 aromatic rings. The molecule has 0 aliphatic carbocycles. The van der Waals surface area contributed by atoms with Gasteiger partial charge in [-0.1, -0.05) is 0 Å². The van der Waals surface area contributed by atoms with Crippen LogP contribution in [0.4, 0.5) is 0 Å². The lowest BCUT2D eigenvalue weighted by atomic mass is 9.69. The maximum absolute atomic E-state index is 12.8. The van der Waals surface area contributed by atoms with Gasteiger partial charge in [0, 0.05) is 40.5 Å². The van der Waals surface area contributed by atoms with E-state index < -0.39 is 11.6 Å². The van der Waals surface area contributed by atoms with Crippen LogP contribution in [0, 0.1) is 0 Å². The van der Waals surface area contributed by atoms with Gasteiger partial charge in [-0.25, -0.2) is 0 Å². The maximum Gasteiger partial charge on any atom is 0.136 e. The molecule has 5 unspecified atom stereocenters. The molecule has 38 heavy (non-hydrogen) atoms. The van der Waals surface area contributed by atoms with E-state index in [1.807, 2.05) is 5.06 Å². The molecule has 0 amide bonds. The van der Waals surface area contributed by atoms with E-state index in [0.717, 1.165) is 38.5 Å². The lowest BCUT2D eigenvalue weighted by Crippen LogP contribution is -2.66. The standard InChI is InChI=1S/C30H57N3O5/c1-25(2)13-12-14-27(5,31(25)36-9)15-16-29(7)21-24(35)22-30(8,33(29)38-11)18-17-28(6)20-23(34)19-26(3,4)32(28)37-10/h24,35H,12-22H2,1-11H3. The number of aliphatic hydroxyl groups excluding tert-OH is 1. The van der Waals surface area contributed by atoms with Crippen LogP contribution < -0.4 is 0 Å². The number of rotatable bonds is 9. The average molecular weight is 540 g/mol. The number of ketones is 1. The highest BCUT2D eigenvalue weighted by atomic mass is 16.7. The van der Waals surface area contributed by atoms with Gasteiger partial charge in [0.05, 0.1) is 33.0 Å². The summed E-state index contributed by atoms with van der Waals surface area (Å²) in [6.07, 6.45) is 8.58. The number of aliphatic hydroxyl groups is 1. The summed E-state index contributed by atoms with van der Waals surface area (Å²) < 4.78 is 0. The fraction of sp³-hybridized carbons (Fsp3) is 0.967. The van der Waals surface area contributed by atoms with E-state index >= 15 is 0 Å². The number of nitrogens with zero attached hydrogens (tertiary/aromatic N) is 3. The summed E-state index contributed by atoms with van der Waals surface area (Å²) >= 11 is 0. The first-order chi connectivity index (χ1) is 17.4. The third-order valence-electron chi connectivity index (χ3n) is 10.1. The van der Waals surface area contributed by atoms with Gasteiger partial charge in [-0.3, -0.25) is 4.79 Å². The van der Waals surface area contributed by atoms with Gasteiger partial charge >= 0.3 is 0 Å². The summed E-state index contributed by atoms with van der Waals surface area (Å²) in [6.45, 7) is 17.6. The monoisotopic (exact) mass is 539 g/mol. The molecule has 0 bridgehead atoms. The Hall–Kier alpha value is -0.610. The van der Waals surface area contributed by atoms with Gasteiger partial charge in [-0.15, -0.1) is 0 Å². The van der Waals surface area contributed by atoms with Crippen LogP contribution in [0.2, 0.25) is 0 Å². The zero-order valence-corrected chi connectivity index (χ0v) is 26.3. The molecule has 222 valence electrons. The third kappa shape index (κ3) is 6.02. The molecule has 1 N–H and O–H groups in total. The second kappa shape index (κ2) is 11.0. The van der Waals surface area contributed by atoms with Gasteiger partial charge in [0.25, 0.3) is 0 Å². The molecule has 8 nitrogen and oxygen atoms in total. The Labute approximate surface area is 232 Å². The van der Waals surface area contributed by atoms with Crippen LogP contribution in [-0.2, 0) is 19.3 Å². The van der Waals surface area contributed by atoms with E-state index in [4.69, 9.17) is 14.5 Å². The molecule has 0 spiro atoms. The van der Waals surface area contributed by atoms with Crippen molar-refractivity contribution in [1.82, 2.24) is 15.2 Å². The first-order valence-electron chi connectivity index (χ1n) is 14.6. The predicted molar refractivity (Wildman–Crippen MR) is 150 cm³/mol. The fourth-order valence-corrected chi connectivity index (χ4v) is 8.86. The minimum atomic E-state index is -0.422. The average Bonchev–Trinajstić information content (AvgIpc) is 2.75. The van der Waals surface area contributed by atoms with E-state index in [1.54, 1.807) is 21.3 Å². The fourth-order valence-electron chi connectivity index (χ4n) is 8.86. The molecule has 3 saturated heterocycles. The molecular weight excluding hydrogens is 482 g/mol. The first-order valence-corrected chi connectivity index (χ1v) is 14.6. The van der Waals surface area contributed by atoms with Crippen molar-refractivity contribution in [3.8, 4) is 0 Å². The Kier molecular flexibility index (Phi) is 9.23. The second-order valence-corrected chi connectivity index (χ2v) is 14.9. The summed E-state index contributed by atoms with van der Waals surface area (Å²) in [5, 5.41) is 17.6. The van der Waals surface area contributed by atoms with E-state index in [2.05, 4.69) is 65.5 Å². The summed E-state index contributed by atoms with van der Waals surface area (Å²) in [4.78, 5) is 30.8. The Morgan fingerprint density at radius 3 is 1.61 bits per heavy atom. The van der Waals surface area contributed by atoms with Crippen LogP contribution in [0.1, 0.15) is 126 Å². The van der Waals surface area contributed by atoms with Gasteiger partial charge < -0.3 is 19.6 Å². The molecule has 8 heteroatoms. The number of carbonyl (C=O) groups excluding carboxylic acids is 1. The first kappa shape index (κ1) is 31.9. The second-order valence-electron chi connectivity index (χ2n) is 14.9. The van der Waals surface area contributed by atoms with Crippen molar-refractivity contribution in [1.29, 1.82) is 0 Å². The minimum Gasteiger partial charge on any atom is -0.393 e. The maximum atomic E-state index is 12.8. The SMILES string of the molecule is CON1C(C)(C)CCCC1(C)CCC1(C)CC(O)CC(C)(CCC2(C)CC(=O)CC(C)(C)N2OC)N1OC. The van der Waals surface area contributed by atoms with Gasteiger partial charge in [-0.2, -0.15) is 15.2 Å². The van der Waals surface area contributed by atoms with Crippen molar-refractivity contribution in [2.24, 2.45) is 0 Å². The quantitative estimate of drug-likeness (QED) is 0.416. The minimum absolute atomic E-state index is 0.0158. The Balaban J connectivity index is 1.82. The van der Waals surface area contributed by atoms with Crippen LogP contribution >= 0.6 is 0 Å². The van der Waals surface area contributed by atoms with Gasteiger partial charge in [0.15, 0.2) is 0 Å². The highest BCUT2D eigenvalue weighted by molar-refractivity contribution is 5.81. The molecule has 0 aromatic carbocycles. The Bertz CT molecular complexity index is 852. The molecule has 0 saturated carbocycles. The largest absolute Gasteiger partial charge is 0.393 e. The van der Waals surface area contributed by atoms with Crippen molar-refractivity contribution in [2.75, 3.05) is 21.3 Å². The molecule has 3 aliphatic rings. The summed E-state index contributed by atoms with van der Waals surface area (Å²) in [7, 11) is 5.26. The molecule has 0 aromatic heterocycles. The van der Waals surface area contributed by atoms with Gasteiger partial charge in [-0.05, 0) is 113 Å². The van der Waals surface area contributed by atoms with Crippen LogP contribution in [0.5, 0.6) is 0 Å². The van der Waals surface area contributed by atoms with E-state index in [0.29, 0.717) is 25.7 Å². The van der Waals surface area contributed by atoms with Crippen molar-refractivity contribution >= 4 is 5.78 Å². The highest BCUT2D eigenvalue weighted by Gasteiger charge is 2.54. The summed E-state index contributed by atoms with van der Waals surface area (Å²) in [5.41, 5.74) is -1.61. The molecule has 0 radical (unpaired) electrons. The number of hydrogen-bond acceptors (Lipinski definition) is 8. The van der Waals surface area contributed by atoms with Crippen molar-refractivity contribution in [3.63, 3.8) is 0 Å². The molecule has 3 fully saturated rings. The number of Topliss-reactive ketones (excluding diaryl/α,β-unsaturated/α-hetero) is 1. The summed E-state index contributed by atoms with van der Waals surface area (Å²) in [6, 6.07) is 0. The van der Waals surface area contributed by atoms with Gasteiger partial charge in [0.1, 0.15) is 5.78 Å². The van der Waals surface area contributed by atoms with E-state index in [1.165, 1.54) is 6.42 Å². The topological polar surface area (TPSA) is 74.7 Å². The van der Waals surface area contributed by atoms with Crippen molar-refractivity contribution < 1.29 is 24.4 Å². The predicted octanol–water partition coefficient (Wildman–Crippen LogP) is 5.43. The van der Waals surface area contributed by atoms with E-state index in [9.17, 15) is 9.90 Å². The van der Waals surface area contributed by atoms with Crippen LogP contribution in [0.25, 0.3) is 0 Å². The van der Waals surface area contributed by atoms with Crippen LogP contribution in [0.3, 0.4) is 0 Å². The zero-order chi connectivity index (χ0) is 28.8. The lowest BCUT2D eigenvalue weighted by molar-refractivity contribution is -0.302. The molecule has 3 heterocycles. The molecule has 3 aliphatic heterocycles. The normalized spacial score (nSPS) is 40.9. The molecular formula is C30H57N3O5.